The van der Waals surface area contributed by atoms with Crippen LogP contribution in [0.2, 0.25) is 5.02 Å². The van der Waals surface area contributed by atoms with Crippen LogP contribution in [-0.4, -0.2) is 27.1 Å². The second kappa shape index (κ2) is 10.2. The molecule has 3 aromatic carbocycles. The van der Waals surface area contributed by atoms with Crippen LogP contribution >= 0.6 is 11.6 Å². The van der Waals surface area contributed by atoms with Crippen molar-refractivity contribution < 1.29 is 31.1 Å². The van der Waals surface area contributed by atoms with Gasteiger partial charge in [-0.25, -0.2) is 12.7 Å². The van der Waals surface area contributed by atoms with Gasteiger partial charge in [0.1, 0.15) is 11.5 Å². The number of anilines is 2. The molecule has 0 heterocycles. The average molecular weight is 542 g/mol. The first-order chi connectivity index (χ1) is 16.6. The molecule has 194 valence electrons. The second-order valence-electron chi connectivity index (χ2n) is 9.09. The number of sulfonamides is 1. The number of alkyl halides is 3. The molecule has 0 bridgehead atoms. The molecule has 0 saturated heterocycles. The summed E-state index contributed by atoms with van der Waals surface area (Å²) in [4.78, 5) is 0. The standard InChI is InChI=1S/C26H27ClF3NO4S/c1-17(2)34-23-13-19(14-24(16-23)35-26(28,29)30)25(3,4)18-11-20(27)15-22(12-18)31(36(5,32)33)21-9-7-6-8-10-21/h6-17H,1-5H3. The minimum atomic E-state index is -4.88. The third-order valence-corrected chi connectivity index (χ3v) is 6.67. The molecule has 0 unspecified atom stereocenters. The van der Waals surface area contributed by atoms with Crippen LogP contribution in [0.3, 0.4) is 0 Å². The normalized spacial score (nSPS) is 12.5. The van der Waals surface area contributed by atoms with Crippen molar-refractivity contribution in [3.05, 3.63) is 82.9 Å². The molecule has 0 atom stereocenters. The molecule has 0 aliphatic carbocycles. The van der Waals surface area contributed by atoms with Gasteiger partial charge in [0.05, 0.1) is 23.7 Å². The molecule has 3 rings (SSSR count). The number of halogens is 4. The fourth-order valence-corrected chi connectivity index (χ4v) is 5.00. The van der Waals surface area contributed by atoms with E-state index in [4.69, 9.17) is 16.3 Å². The Labute approximate surface area is 214 Å². The van der Waals surface area contributed by atoms with Crippen LogP contribution < -0.4 is 13.8 Å². The first-order valence-corrected chi connectivity index (χ1v) is 13.2. The first kappa shape index (κ1) is 27.7. The van der Waals surface area contributed by atoms with Crippen molar-refractivity contribution in [2.75, 3.05) is 10.6 Å². The van der Waals surface area contributed by atoms with Gasteiger partial charge in [0, 0.05) is 16.5 Å². The Kier molecular flexibility index (Phi) is 7.86. The van der Waals surface area contributed by atoms with Gasteiger partial charge < -0.3 is 9.47 Å². The van der Waals surface area contributed by atoms with E-state index in [-0.39, 0.29) is 16.9 Å². The molecule has 10 heteroatoms. The lowest BCUT2D eigenvalue weighted by Crippen LogP contribution is -2.26. The first-order valence-electron chi connectivity index (χ1n) is 11.0. The average Bonchev–Trinajstić information content (AvgIpc) is 2.71. The fraction of sp³-hybridized carbons (Fsp3) is 0.308. The molecular formula is C26H27ClF3NO4S. The van der Waals surface area contributed by atoms with Gasteiger partial charge in [-0.15, -0.1) is 13.2 Å². The maximum atomic E-state index is 13.0. The number of rotatable bonds is 8. The number of hydrogen-bond donors (Lipinski definition) is 0. The van der Waals surface area contributed by atoms with Crippen LogP contribution in [0.1, 0.15) is 38.8 Å². The smallest absolute Gasteiger partial charge is 0.491 e. The van der Waals surface area contributed by atoms with Gasteiger partial charge in [-0.3, -0.25) is 0 Å². The third kappa shape index (κ3) is 6.85. The van der Waals surface area contributed by atoms with Crippen LogP contribution in [0.5, 0.6) is 11.5 Å². The summed E-state index contributed by atoms with van der Waals surface area (Å²) in [5, 5.41) is 0.265. The van der Waals surface area contributed by atoms with E-state index < -0.39 is 27.6 Å². The minimum Gasteiger partial charge on any atom is -0.491 e. The lowest BCUT2D eigenvalue weighted by molar-refractivity contribution is -0.274. The largest absolute Gasteiger partial charge is 0.573 e. The molecule has 0 N–H and O–H groups in total. The Morgan fingerprint density at radius 2 is 1.44 bits per heavy atom. The second-order valence-corrected chi connectivity index (χ2v) is 11.4. The van der Waals surface area contributed by atoms with E-state index in [1.165, 1.54) is 18.2 Å². The molecule has 0 fully saturated rings. The number of hydrogen-bond acceptors (Lipinski definition) is 4. The zero-order valence-electron chi connectivity index (χ0n) is 20.4. The zero-order valence-corrected chi connectivity index (χ0v) is 22.0. The molecule has 3 aromatic rings. The van der Waals surface area contributed by atoms with Crippen LogP contribution in [-0.2, 0) is 15.4 Å². The Hall–Kier alpha value is -2.91. The van der Waals surface area contributed by atoms with E-state index in [2.05, 4.69) is 4.74 Å². The summed E-state index contributed by atoms with van der Waals surface area (Å²) in [6.07, 6.45) is -4.08. The molecule has 0 amide bonds. The van der Waals surface area contributed by atoms with Crippen LogP contribution in [0.4, 0.5) is 24.5 Å². The number of nitrogens with zero attached hydrogens (tertiary/aromatic N) is 1. The van der Waals surface area contributed by atoms with Crippen molar-refractivity contribution in [1.29, 1.82) is 0 Å². The summed E-state index contributed by atoms with van der Waals surface area (Å²) in [6, 6.07) is 17.4. The topological polar surface area (TPSA) is 55.8 Å². The SMILES string of the molecule is CC(C)Oc1cc(OC(F)(F)F)cc(C(C)(C)c2cc(Cl)cc(N(c3ccccc3)S(C)(=O)=O)c2)c1. The summed E-state index contributed by atoms with van der Waals surface area (Å²) in [7, 11) is -3.75. The van der Waals surface area contributed by atoms with Crippen molar-refractivity contribution in [2.45, 2.75) is 45.6 Å². The van der Waals surface area contributed by atoms with Gasteiger partial charge in [0.25, 0.3) is 0 Å². The van der Waals surface area contributed by atoms with Crippen LogP contribution in [0.25, 0.3) is 0 Å². The summed E-state index contributed by atoms with van der Waals surface area (Å²) in [5.74, 6) is -0.216. The van der Waals surface area contributed by atoms with E-state index in [0.29, 0.717) is 22.5 Å². The highest BCUT2D eigenvalue weighted by atomic mass is 35.5. The number of para-hydroxylation sites is 1. The van der Waals surface area contributed by atoms with Gasteiger partial charge in [-0.1, -0.05) is 43.6 Å². The van der Waals surface area contributed by atoms with E-state index in [1.54, 1.807) is 76.2 Å². The third-order valence-electron chi connectivity index (χ3n) is 5.37. The van der Waals surface area contributed by atoms with Gasteiger partial charge in [0.2, 0.25) is 10.0 Å². The van der Waals surface area contributed by atoms with Crippen molar-refractivity contribution >= 4 is 33.0 Å². The molecule has 0 saturated carbocycles. The zero-order chi connectivity index (χ0) is 26.9. The molecular weight excluding hydrogens is 515 g/mol. The monoisotopic (exact) mass is 541 g/mol. The van der Waals surface area contributed by atoms with Gasteiger partial charge in [-0.05, 0) is 67.4 Å². The molecule has 36 heavy (non-hydrogen) atoms. The van der Waals surface area contributed by atoms with E-state index in [0.717, 1.165) is 10.6 Å². The summed E-state index contributed by atoms with van der Waals surface area (Å²) >= 11 is 6.42. The Bertz CT molecular complexity index is 1330. The molecule has 0 aliphatic rings. The maximum absolute atomic E-state index is 13.0. The highest BCUT2D eigenvalue weighted by molar-refractivity contribution is 7.92. The molecule has 0 aliphatic heterocycles. The maximum Gasteiger partial charge on any atom is 0.573 e. The van der Waals surface area contributed by atoms with E-state index in [1.807, 2.05) is 0 Å². The Morgan fingerprint density at radius 3 is 2.00 bits per heavy atom. The fourth-order valence-electron chi connectivity index (χ4n) is 3.78. The van der Waals surface area contributed by atoms with Crippen molar-refractivity contribution in [3.8, 4) is 11.5 Å². The van der Waals surface area contributed by atoms with Crippen molar-refractivity contribution in [2.24, 2.45) is 0 Å². The summed E-state index contributed by atoms with van der Waals surface area (Å²) in [5.41, 5.74) is 0.826. The van der Waals surface area contributed by atoms with E-state index in [9.17, 15) is 21.6 Å². The highest BCUT2D eigenvalue weighted by Gasteiger charge is 2.33. The Morgan fingerprint density at radius 1 is 0.861 bits per heavy atom. The number of ether oxygens (including phenoxy) is 2. The predicted molar refractivity (Wildman–Crippen MR) is 136 cm³/mol. The quantitative estimate of drug-likeness (QED) is 0.297. The van der Waals surface area contributed by atoms with Gasteiger partial charge >= 0.3 is 6.36 Å². The van der Waals surface area contributed by atoms with Crippen molar-refractivity contribution in [3.63, 3.8) is 0 Å². The molecule has 0 aromatic heterocycles. The van der Waals surface area contributed by atoms with Crippen molar-refractivity contribution in [1.82, 2.24) is 0 Å². The molecule has 0 spiro atoms. The lowest BCUT2D eigenvalue weighted by Gasteiger charge is -2.30. The highest BCUT2D eigenvalue weighted by Crippen LogP contribution is 2.41. The van der Waals surface area contributed by atoms with Gasteiger partial charge in [0.15, 0.2) is 0 Å². The minimum absolute atomic E-state index is 0.208. The molecule has 0 radical (unpaired) electrons. The lowest BCUT2D eigenvalue weighted by atomic mass is 9.78. The summed E-state index contributed by atoms with van der Waals surface area (Å²) < 4.78 is 75.5. The summed E-state index contributed by atoms with van der Waals surface area (Å²) in [6.45, 7) is 7.10. The predicted octanol–water partition coefficient (Wildman–Crippen LogP) is 7.45. The van der Waals surface area contributed by atoms with Gasteiger partial charge in [-0.2, -0.15) is 0 Å². The number of benzene rings is 3. The molecule has 5 nitrogen and oxygen atoms in total. The van der Waals surface area contributed by atoms with E-state index >= 15 is 0 Å². The van der Waals surface area contributed by atoms with Crippen LogP contribution in [0.15, 0.2) is 66.7 Å². The van der Waals surface area contributed by atoms with Crippen LogP contribution in [0, 0.1) is 0 Å². The Balaban J connectivity index is 2.17.